The minimum atomic E-state index is -1.16. The molecule has 1 aliphatic heterocycles. The molecule has 0 aliphatic carbocycles. The van der Waals surface area contributed by atoms with Crippen LogP contribution < -0.4 is 0 Å². The SMILES string of the molecule is CC(=O)OC[C]1OC[C@H](OC(C)=O)[C@@H](OC(C)=O)[C@@H]1OC(C)=O. The van der Waals surface area contributed by atoms with Gasteiger partial charge >= 0.3 is 23.9 Å². The highest BCUT2D eigenvalue weighted by molar-refractivity contribution is 5.69. The average Bonchev–Trinajstić information content (AvgIpc) is 2.39. The first-order chi connectivity index (χ1) is 10.7. The van der Waals surface area contributed by atoms with Gasteiger partial charge in [-0.1, -0.05) is 0 Å². The first kappa shape index (κ1) is 18.9. The van der Waals surface area contributed by atoms with E-state index in [1.807, 2.05) is 0 Å². The molecule has 0 unspecified atom stereocenters. The number of hydrogen-bond donors (Lipinski definition) is 0. The summed E-state index contributed by atoms with van der Waals surface area (Å²) >= 11 is 0. The summed E-state index contributed by atoms with van der Waals surface area (Å²) in [4.78, 5) is 44.7. The van der Waals surface area contributed by atoms with Gasteiger partial charge in [-0.15, -0.1) is 0 Å². The van der Waals surface area contributed by atoms with Gasteiger partial charge in [0.2, 0.25) is 0 Å². The minimum absolute atomic E-state index is 0.0880. The summed E-state index contributed by atoms with van der Waals surface area (Å²) in [5, 5.41) is 0. The maximum Gasteiger partial charge on any atom is 0.303 e. The summed E-state index contributed by atoms with van der Waals surface area (Å²) in [6.45, 7) is 4.30. The monoisotopic (exact) mass is 331 g/mol. The van der Waals surface area contributed by atoms with E-state index in [2.05, 4.69) is 0 Å². The van der Waals surface area contributed by atoms with E-state index in [0.29, 0.717) is 0 Å². The van der Waals surface area contributed by atoms with Crippen molar-refractivity contribution >= 4 is 23.9 Å². The average molecular weight is 331 g/mol. The molecule has 23 heavy (non-hydrogen) atoms. The fourth-order valence-corrected chi connectivity index (χ4v) is 2.00. The standard InChI is InChI=1S/C14H19O9/c1-7(15)19-5-11-13(22-9(3)17)14(23-10(4)18)12(6-20-11)21-8(2)16/h12-14H,5-6H2,1-4H3/t12-,13+,14+/m0/s1. The zero-order valence-corrected chi connectivity index (χ0v) is 13.3. The molecule has 1 heterocycles. The summed E-state index contributed by atoms with van der Waals surface area (Å²) in [5.74, 6) is -2.49. The predicted molar refractivity (Wildman–Crippen MR) is 72.5 cm³/mol. The van der Waals surface area contributed by atoms with Crippen LogP contribution in [0, 0.1) is 6.10 Å². The minimum Gasteiger partial charge on any atom is -0.463 e. The van der Waals surface area contributed by atoms with Gasteiger partial charge in [0.05, 0.1) is 6.61 Å². The second-order valence-corrected chi connectivity index (χ2v) is 4.81. The van der Waals surface area contributed by atoms with Crippen LogP contribution in [0.1, 0.15) is 27.7 Å². The van der Waals surface area contributed by atoms with E-state index >= 15 is 0 Å². The molecule has 1 radical (unpaired) electrons. The summed E-state index contributed by atoms with van der Waals surface area (Å²) < 4.78 is 25.4. The molecule has 0 bridgehead atoms. The van der Waals surface area contributed by atoms with Crippen LogP contribution in [0.4, 0.5) is 0 Å². The number of carbonyl (C=O) groups excluding carboxylic acids is 4. The number of rotatable bonds is 5. The van der Waals surface area contributed by atoms with Crippen molar-refractivity contribution in [1.82, 2.24) is 0 Å². The maximum atomic E-state index is 11.3. The molecule has 129 valence electrons. The fourth-order valence-electron chi connectivity index (χ4n) is 2.00. The molecule has 1 aliphatic rings. The van der Waals surface area contributed by atoms with E-state index in [1.165, 1.54) is 13.8 Å². The van der Waals surface area contributed by atoms with Crippen molar-refractivity contribution in [3.8, 4) is 0 Å². The van der Waals surface area contributed by atoms with Crippen LogP contribution in [-0.2, 0) is 42.9 Å². The third kappa shape index (κ3) is 6.23. The summed E-state index contributed by atoms with van der Waals surface area (Å²) in [5.41, 5.74) is 0. The highest BCUT2D eigenvalue weighted by Crippen LogP contribution is 2.29. The third-order valence-electron chi connectivity index (χ3n) is 2.75. The molecule has 0 aromatic rings. The van der Waals surface area contributed by atoms with Gasteiger partial charge in [-0.05, 0) is 0 Å². The van der Waals surface area contributed by atoms with Crippen LogP contribution in [0.3, 0.4) is 0 Å². The van der Waals surface area contributed by atoms with E-state index in [-0.39, 0.29) is 19.3 Å². The van der Waals surface area contributed by atoms with E-state index in [1.54, 1.807) is 0 Å². The smallest absolute Gasteiger partial charge is 0.303 e. The Morgan fingerprint density at radius 2 is 1.48 bits per heavy atom. The molecule has 1 rings (SSSR count). The van der Waals surface area contributed by atoms with Crippen molar-refractivity contribution in [3.05, 3.63) is 6.10 Å². The largest absolute Gasteiger partial charge is 0.463 e. The first-order valence-electron chi connectivity index (χ1n) is 6.84. The summed E-state index contributed by atoms with van der Waals surface area (Å²) in [6, 6.07) is 0. The molecule has 0 aromatic heterocycles. The number of esters is 4. The predicted octanol–water partition coefficient (Wildman–Crippen LogP) is -0.0932. The Hall–Kier alpha value is -2.16. The van der Waals surface area contributed by atoms with Gasteiger partial charge in [0.25, 0.3) is 0 Å². The Labute approximate surface area is 133 Å². The topological polar surface area (TPSA) is 114 Å². The highest BCUT2D eigenvalue weighted by Gasteiger charge is 2.47. The Bertz CT molecular complexity index is 473. The van der Waals surface area contributed by atoms with Crippen LogP contribution in [0.25, 0.3) is 0 Å². The number of carbonyl (C=O) groups is 4. The normalized spacial score (nSPS) is 24.4. The number of ether oxygens (including phenoxy) is 5. The lowest BCUT2D eigenvalue weighted by molar-refractivity contribution is -0.210. The van der Waals surface area contributed by atoms with Gasteiger partial charge in [0.1, 0.15) is 6.61 Å². The quantitative estimate of drug-likeness (QED) is 0.503. The fraction of sp³-hybridized carbons (Fsp3) is 0.643. The molecule has 0 spiro atoms. The van der Waals surface area contributed by atoms with E-state index in [9.17, 15) is 19.2 Å². The number of hydrogen-bond acceptors (Lipinski definition) is 9. The molecule has 1 saturated heterocycles. The van der Waals surface area contributed by atoms with Gasteiger partial charge in [-0.2, -0.15) is 0 Å². The molecule has 0 saturated carbocycles. The Balaban J connectivity index is 2.98. The lowest BCUT2D eigenvalue weighted by Crippen LogP contribution is -2.55. The van der Waals surface area contributed by atoms with Gasteiger partial charge in [-0.25, -0.2) is 0 Å². The molecule has 9 heteroatoms. The molecule has 0 amide bonds. The summed E-state index contributed by atoms with van der Waals surface area (Å²) in [6.07, 6.45) is -3.12. The molecular formula is C14H19O9. The Kier molecular flexibility index (Phi) is 6.95. The van der Waals surface area contributed by atoms with Crippen molar-refractivity contribution in [2.75, 3.05) is 13.2 Å². The maximum absolute atomic E-state index is 11.3. The third-order valence-corrected chi connectivity index (χ3v) is 2.75. The van der Waals surface area contributed by atoms with Crippen molar-refractivity contribution in [2.45, 2.75) is 46.0 Å². The second kappa shape index (κ2) is 8.47. The van der Waals surface area contributed by atoms with Crippen molar-refractivity contribution in [1.29, 1.82) is 0 Å². The summed E-state index contributed by atoms with van der Waals surface area (Å²) in [7, 11) is 0. The molecule has 0 aromatic carbocycles. The van der Waals surface area contributed by atoms with Gasteiger partial charge in [0, 0.05) is 27.7 Å². The van der Waals surface area contributed by atoms with E-state index < -0.39 is 42.2 Å². The van der Waals surface area contributed by atoms with Gasteiger partial charge in [0.15, 0.2) is 24.4 Å². The van der Waals surface area contributed by atoms with Gasteiger partial charge in [-0.3, -0.25) is 19.2 Å². The molecular weight excluding hydrogens is 312 g/mol. The van der Waals surface area contributed by atoms with Crippen LogP contribution >= 0.6 is 0 Å². The zero-order chi connectivity index (χ0) is 17.6. The molecule has 1 fully saturated rings. The zero-order valence-electron chi connectivity index (χ0n) is 13.3. The molecule has 3 atom stereocenters. The van der Waals surface area contributed by atoms with Crippen LogP contribution in [0.15, 0.2) is 0 Å². The van der Waals surface area contributed by atoms with Crippen LogP contribution in [0.2, 0.25) is 0 Å². The second-order valence-electron chi connectivity index (χ2n) is 4.81. The Morgan fingerprint density at radius 1 is 0.913 bits per heavy atom. The lowest BCUT2D eigenvalue weighted by atomic mass is 9.99. The van der Waals surface area contributed by atoms with Crippen molar-refractivity contribution < 1.29 is 42.9 Å². The van der Waals surface area contributed by atoms with E-state index in [4.69, 9.17) is 23.7 Å². The molecule has 0 N–H and O–H groups in total. The van der Waals surface area contributed by atoms with Gasteiger partial charge < -0.3 is 23.7 Å². The van der Waals surface area contributed by atoms with Crippen LogP contribution in [0.5, 0.6) is 0 Å². The van der Waals surface area contributed by atoms with Crippen molar-refractivity contribution in [2.24, 2.45) is 0 Å². The highest BCUT2D eigenvalue weighted by atomic mass is 16.7. The van der Waals surface area contributed by atoms with E-state index in [0.717, 1.165) is 13.8 Å². The Morgan fingerprint density at radius 3 is 1.96 bits per heavy atom. The van der Waals surface area contributed by atoms with Crippen LogP contribution in [-0.4, -0.2) is 55.4 Å². The van der Waals surface area contributed by atoms with Crippen molar-refractivity contribution in [3.63, 3.8) is 0 Å². The molecule has 9 nitrogen and oxygen atoms in total. The lowest BCUT2D eigenvalue weighted by Gasteiger charge is -2.39. The first-order valence-corrected chi connectivity index (χ1v) is 6.84.